The number of fused-ring (bicyclic) bond motifs is 1. The number of rotatable bonds is 6. The molecule has 1 spiro atoms. The van der Waals surface area contributed by atoms with Crippen molar-refractivity contribution in [3.63, 3.8) is 0 Å². The van der Waals surface area contributed by atoms with Crippen molar-refractivity contribution in [1.82, 2.24) is 20.1 Å². The van der Waals surface area contributed by atoms with Gasteiger partial charge < -0.3 is 14.5 Å². The number of hydrogen-bond donors (Lipinski definition) is 1. The Morgan fingerprint density at radius 3 is 2.82 bits per heavy atom. The van der Waals surface area contributed by atoms with Crippen LogP contribution in [-0.4, -0.2) is 52.2 Å². The molecule has 0 saturated carbocycles. The molecule has 8 heteroatoms. The van der Waals surface area contributed by atoms with Crippen molar-refractivity contribution in [2.24, 2.45) is 5.41 Å². The number of nitrogens with zero attached hydrogens (tertiary/aromatic N) is 5. The molecule has 0 atom stereocenters. The van der Waals surface area contributed by atoms with Gasteiger partial charge in [0.1, 0.15) is 18.4 Å². The van der Waals surface area contributed by atoms with Crippen molar-refractivity contribution in [1.29, 1.82) is 5.26 Å². The molecule has 2 aliphatic heterocycles. The second-order valence-electron chi connectivity index (χ2n) is 10.7. The van der Waals surface area contributed by atoms with E-state index in [1.54, 1.807) is 6.20 Å². The molecule has 2 aliphatic rings. The average Bonchev–Trinajstić information content (AvgIpc) is 3.55. The van der Waals surface area contributed by atoms with Crippen LogP contribution in [0.15, 0.2) is 61.3 Å². The SMILES string of the molecule is C=CC(=O)N1CC2(CCN(c3cc(OCc4ccccn4)cc(-c4c(C)ccc5n[nH]c(C)c45)c3C#N)C2)C1. The van der Waals surface area contributed by atoms with Gasteiger partial charge in [0, 0.05) is 60.5 Å². The number of likely N-dealkylation sites (tertiary alicyclic amines) is 1. The van der Waals surface area contributed by atoms with Crippen molar-refractivity contribution >= 4 is 22.5 Å². The number of aromatic amines is 1. The molecule has 0 unspecified atom stereocenters. The summed E-state index contributed by atoms with van der Waals surface area (Å²) in [6.45, 7) is 11.0. The number of amides is 1. The predicted molar refractivity (Wildman–Crippen MR) is 150 cm³/mol. The lowest BCUT2D eigenvalue weighted by atomic mass is 9.79. The summed E-state index contributed by atoms with van der Waals surface area (Å²) in [4.78, 5) is 20.6. The van der Waals surface area contributed by atoms with Crippen LogP contribution in [0.1, 0.15) is 28.9 Å². The molecule has 39 heavy (non-hydrogen) atoms. The molecule has 2 saturated heterocycles. The molecule has 4 aromatic rings. The summed E-state index contributed by atoms with van der Waals surface area (Å²) in [5.41, 5.74) is 7.03. The Hall–Kier alpha value is -4.64. The molecule has 0 radical (unpaired) electrons. The minimum Gasteiger partial charge on any atom is -0.487 e. The molecule has 0 aliphatic carbocycles. The molecule has 196 valence electrons. The highest BCUT2D eigenvalue weighted by atomic mass is 16.5. The van der Waals surface area contributed by atoms with E-state index in [0.717, 1.165) is 64.2 Å². The van der Waals surface area contributed by atoms with Crippen LogP contribution < -0.4 is 9.64 Å². The first kappa shape index (κ1) is 24.7. The first-order chi connectivity index (χ1) is 18.9. The summed E-state index contributed by atoms with van der Waals surface area (Å²) in [5.74, 6) is 0.656. The van der Waals surface area contributed by atoms with E-state index >= 15 is 0 Å². The number of H-pyrrole nitrogens is 1. The lowest BCUT2D eigenvalue weighted by Crippen LogP contribution is -2.59. The minimum atomic E-state index is -0.0250. The number of carbonyl (C=O) groups excluding carboxylic acids is 1. The third kappa shape index (κ3) is 4.30. The molecule has 2 aromatic heterocycles. The normalized spacial score (nSPS) is 15.8. The Balaban J connectivity index is 1.44. The molecule has 2 aromatic carbocycles. The molecule has 6 rings (SSSR count). The summed E-state index contributed by atoms with van der Waals surface area (Å²) in [7, 11) is 0. The molecular weight excluding hydrogens is 488 g/mol. The Bertz CT molecular complexity index is 1630. The highest BCUT2D eigenvalue weighted by molar-refractivity contribution is 6.00. The van der Waals surface area contributed by atoms with E-state index in [0.29, 0.717) is 31.0 Å². The fraction of sp³-hybridized carbons (Fsp3) is 0.290. The average molecular weight is 519 g/mol. The summed E-state index contributed by atoms with van der Waals surface area (Å²) < 4.78 is 6.29. The number of benzene rings is 2. The van der Waals surface area contributed by atoms with E-state index < -0.39 is 0 Å². The van der Waals surface area contributed by atoms with E-state index in [4.69, 9.17) is 4.74 Å². The van der Waals surface area contributed by atoms with E-state index in [2.05, 4.69) is 39.7 Å². The number of pyridine rings is 1. The molecule has 4 heterocycles. The monoisotopic (exact) mass is 518 g/mol. The standard InChI is InChI=1S/C31H30N6O2/c1-4-28(38)37-18-31(19-37)10-12-36(17-31)27-14-23(39-16-22-7-5-6-11-33-22)13-24(25(27)15-32)29-20(2)8-9-26-30(29)21(3)34-35-26/h4-9,11,13-14H,1,10,12,16-19H2,2-3H3,(H,34,35). The fourth-order valence-corrected chi connectivity index (χ4v) is 6.05. The van der Waals surface area contributed by atoms with Gasteiger partial charge in [-0.1, -0.05) is 18.7 Å². The molecule has 2 fully saturated rings. The van der Waals surface area contributed by atoms with E-state index in [1.165, 1.54) is 6.08 Å². The topological polar surface area (TPSA) is 98.1 Å². The predicted octanol–water partition coefficient (Wildman–Crippen LogP) is 4.92. The Morgan fingerprint density at radius 2 is 2.08 bits per heavy atom. The first-order valence-corrected chi connectivity index (χ1v) is 13.1. The zero-order chi connectivity index (χ0) is 27.1. The van der Waals surface area contributed by atoms with Crippen LogP contribution in [0.5, 0.6) is 5.75 Å². The molecule has 1 amide bonds. The maximum atomic E-state index is 12.1. The van der Waals surface area contributed by atoms with Crippen LogP contribution in [0.3, 0.4) is 0 Å². The van der Waals surface area contributed by atoms with Crippen LogP contribution in [0.4, 0.5) is 5.69 Å². The summed E-state index contributed by atoms with van der Waals surface area (Å²) in [6, 6.07) is 16.3. The van der Waals surface area contributed by atoms with Crippen molar-refractivity contribution in [2.45, 2.75) is 26.9 Å². The molecule has 1 N–H and O–H groups in total. The van der Waals surface area contributed by atoms with Gasteiger partial charge in [0.15, 0.2) is 0 Å². The highest BCUT2D eigenvalue weighted by Gasteiger charge is 2.49. The number of aryl methyl sites for hydroxylation is 2. The summed E-state index contributed by atoms with van der Waals surface area (Å²) >= 11 is 0. The lowest BCUT2D eigenvalue weighted by molar-refractivity contribution is -0.136. The number of anilines is 1. The Labute approximate surface area is 227 Å². The van der Waals surface area contributed by atoms with Crippen LogP contribution in [0.25, 0.3) is 22.0 Å². The number of hydrogen-bond acceptors (Lipinski definition) is 6. The van der Waals surface area contributed by atoms with Gasteiger partial charge in [-0.2, -0.15) is 10.4 Å². The van der Waals surface area contributed by atoms with E-state index in [1.807, 2.05) is 54.3 Å². The van der Waals surface area contributed by atoms with Crippen LogP contribution in [-0.2, 0) is 11.4 Å². The second kappa shape index (κ2) is 9.59. The fourth-order valence-electron chi connectivity index (χ4n) is 6.05. The summed E-state index contributed by atoms with van der Waals surface area (Å²) in [5, 5.41) is 19.1. The number of carbonyl (C=O) groups is 1. The Morgan fingerprint density at radius 1 is 1.23 bits per heavy atom. The van der Waals surface area contributed by atoms with E-state index in [-0.39, 0.29) is 11.3 Å². The van der Waals surface area contributed by atoms with E-state index in [9.17, 15) is 10.1 Å². The van der Waals surface area contributed by atoms with Gasteiger partial charge in [0.2, 0.25) is 5.91 Å². The van der Waals surface area contributed by atoms with Crippen molar-refractivity contribution < 1.29 is 9.53 Å². The molecule has 0 bridgehead atoms. The van der Waals surface area contributed by atoms with Gasteiger partial charge in [-0.05, 0) is 61.7 Å². The Kier molecular flexibility index (Phi) is 6.07. The second-order valence-corrected chi connectivity index (χ2v) is 10.7. The number of ether oxygens (including phenoxy) is 1. The third-order valence-corrected chi connectivity index (χ3v) is 8.01. The van der Waals surface area contributed by atoms with Crippen LogP contribution in [0, 0.1) is 30.6 Å². The highest BCUT2D eigenvalue weighted by Crippen LogP contribution is 2.45. The van der Waals surface area contributed by atoms with Gasteiger partial charge in [0.25, 0.3) is 0 Å². The van der Waals surface area contributed by atoms with Gasteiger partial charge in [0.05, 0.1) is 22.5 Å². The van der Waals surface area contributed by atoms with Crippen molar-refractivity contribution in [3.05, 3.63) is 83.8 Å². The smallest absolute Gasteiger partial charge is 0.245 e. The quantitative estimate of drug-likeness (QED) is 0.364. The number of aromatic nitrogens is 3. The zero-order valence-electron chi connectivity index (χ0n) is 22.2. The van der Waals surface area contributed by atoms with Crippen LogP contribution >= 0.6 is 0 Å². The van der Waals surface area contributed by atoms with Crippen molar-refractivity contribution in [3.8, 4) is 22.9 Å². The lowest BCUT2D eigenvalue weighted by Gasteiger charge is -2.47. The van der Waals surface area contributed by atoms with Crippen molar-refractivity contribution in [2.75, 3.05) is 31.1 Å². The van der Waals surface area contributed by atoms with Gasteiger partial charge >= 0.3 is 0 Å². The third-order valence-electron chi connectivity index (χ3n) is 8.01. The number of nitriles is 1. The zero-order valence-corrected chi connectivity index (χ0v) is 22.2. The first-order valence-electron chi connectivity index (χ1n) is 13.1. The van der Waals surface area contributed by atoms with Crippen LogP contribution in [0.2, 0.25) is 0 Å². The number of nitrogens with one attached hydrogen (secondary N) is 1. The van der Waals surface area contributed by atoms with Gasteiger partial charge in [-0.15, -0.1) is 0 Å². The maximum absolute atomic E-state index is 12.1. The minimum absolute atomic E-state index is 0.0250. The summed E-state index contributed by atoms with van der Waals surface area (Å²) in [6.07, 6.45) is 4.09. The molecular formula is C31H30N6O2. The molecule has 8 nitrogen and oxygen atoms in total. The van der Waals surface area contributed by atoms with Gasteiger partial charge in [-0.3, -0.25) is 14.9 Å². The maximum Gasteiger partial charge on any atom is 0.245 e. The van der Waals surface area contributed by atoms with Gasteiger partial charge in [-0.25, -0.2) is 0 Å². The largest absolute Gasteiger partial charge is 0.487 e.